The van der Waals surface area contributed by atoms with Crippen LogP contribution < -0.4 is 5.48 Å². The van der Waals surface area contributed by atoms with E-state index in [1.54, 1.807) is 12.1 Å². The molecule has 1 aromatic carbocycles. The summed E-state index contributed by atoms with van der Waals surface area (Å²) >= 11 is 0. The van der Waals surface area contributed by atoms with Gasteiger partial charge in [-0.1, -0.05) is 19.1 Å². The summed E-state index contributed by atoms with van der Waals surface area (Å²) in [4.78, 5) is 31.8. The Kier molecular flexibility index (Phi) is 8.89. The maximum atomic E-state index is 13.5. The van der Waals surface area contributed by atoms with Crippen molar-refractivity contribution in [1.29, 1.82) is 0 Å². The molecule has 9 heteroatoms. The zero-order chi connectivity index (χ0) is 23.9. The Morgan fingerprint density at radius 2 is 1.91 bits per heavy atom. The summed E-state index contributed by atoms with van der Waals surface area (Å²) in [5, 5.41) is 0. The van der Waals surface area contributed by atoms with E-state index in [0.29, 0.717) is 12.3 Å². The molecule has 0 spiro atoms. The number of nitrogens with one attached hydrogen (secondary N) is 1. The van der Waals surface area contributed by atoms with E-state index in [4.69, 9.17) is 9.57 Å². The van der Waals surface area contributed by atoms with Crippen LogP contribution in [0.4, 0.5) is 0 Å². The molecule has 0 radical (unpaired) electrons. The Labute approximate surface area is 196 Å². The molecule has 2 heterocycles. The van der Waals surface area contributed by atoms with Crippen LogP contribution in [0.3, 0.4) is 0 Å². The van der Waals surface area contributed by atoms with Crippen LogP contribution in [0.2, 0.25) is 0 Å². The molecule has 0 aromatic heterocycles. The van der Waals surface area contributed by atoms with Crippen LogP contribution in [0, 0.1) is 5.92 Å². The van der Waals surface area contributed by atoms with Crippen molar-refractivity contribution in [2.75, 3.05) is 33.4 Å². The van der Waals surface area contributed by atoms with Gasteiger partial charge in [0, 0.05) is 32.7 Å². The van der Waals surface area contributed by atoms with Crippen molar-refractivity contribution >= 4 is 21.7 Å². The number of carbonyl (C=O) groups excluding carboxylic acids is 2. The van der Waals surface area contributed by atoms with Crippen LogP contribution in [0.15, 0.2) is 29.2 Å². The van der Waals surface area contributed by atoms with Gasteiger partial charge in [0.1, 0.15) is 0 Å². The molecule has 8 nitrogen and oxygen atoms in total. The number of hydroxylamine groups is 1. The minimum Gasteiger partial charge on any atom is -0.381 e. The molecule has 3 rings (SSSR count). The fraction of sp³-hybridized carbons (Fsp3) is 0.667. The molecule has 2 aliphatic heterocycles. The molecule has 0 bridgehead atoms. The van der Waals surface area contributed by atoms with Gasteiger partial charge in [0.05, 0.1) is 12.0 Å². The molecule has 1 N–H and O–H groups in total. The number of sulfone groups is 1. The molecule has 2 saturated heterocycles. The topological polar surface area (TPSA) is 102 Å². The Morgan fingerprint density at radius 1 is 1.21 bits per heavy atom. The van der Waals surface area contributed by atoms with Crippen LogP contribution in [0.1, 0.15) is 57.4 Å². The Bertz CT molecular complexity index is 909. The fourth-order valence-electron chi connectivity index (χ4n) is 4.84. The first-order valence-electron chi connectivity index (χ1n) is 11.9. The monoisotopic (exact) mass is 480 g/mol. The van der Waals surface area contributed by atoms with Crippen molar-refractivity contribution in [2.45, 2.75) is 67.9 Å². The third-order valence-electron chi connectivity index (χ3n) is 6.83. The highest BCUT2D eigenvalue weighted by molar-refractivity contribution is 7.93. The van der Waals surface area contributed by atoms with Gasteiger partial charge in [-0.25, -0.2) is 13.9 Å². The maximum absolute atomic E-state index is 13.5. The van der Waals surface area contributed by atoms with E-state index in [-0.39, 0.29) is 36.9 Å². The number of amides is 2. The number of rotatable bonds is 9. The molecule has 2 aliphatic rings. The standard InChI is InChI=1S/C24H36N2O6S/c1-3-5-22(27)26-15-4-6-20(18-26)8-7-19-9-11-21(12-10-19)33(29,30)24(23(28)25-31-2)13-16-32-17-14-24/h9-12,20H,3-8,13-18H2,1-2H3,(H,25,28). The van der Waals surface area contributed by atoms with Gasteiger partial charge in [-0.05, 0) is 68.6 Å². The lowest BCUT2D eigenvalue weighted by molar-refractivity contribution is -0.136. The zero-order valence-corrected chi connectivity index (χ0v) is 20.5. The summed E-state index contributed by atoms with van der Waals surface area (Å²) in [5.74, 6) is 0.0550. The van der Waals surface area contributed by atoms with Crippen LogP contribution >= 0.6 is 0 Å². The summed E-state index contributed by atoms with van der Waals surface area (Å²) in [5.41, 5.74) is 3.27. The highest BCUT2D eigenvalue weighted by Crippen LogP contribution is 2.35. The predicted octanol–water partition coefficient (Wildman–Crippen LogP) is 2.66. The number of likely N-dealkylation sites (tertiary alicyclic amines) is 1. The van der Waals surface area contributed by atoms with Gasteiger partial charge in [-0.2, -0.15) is 0 Å². The lowest BCUT2D eigenvalue weighted by atomic mass is 9.91. The van der Waals surface area contributed by atoms with Crippen molar-refractivity contribution in [3.05, 3.63) is 29.8 Å². The van der Waals surface area contributed by atoms with Crippen molar-refractivity contribution < 1.29 is 27.6 Å². The van der Waals surface area contributed by atoms with Gasteiger partial charge in [-0.3, -0.25) is 14.4 Å². The first kappa shape index (κ1) is 25.6. The van der Waals surface area contributed by atoms with E-state index in [2.05, 4.69) is 5.48 Å². The molecule has 2 fully saturated rings. The quantitative estimate of drug-likeness (QED) is 0.545. The number of benzene rings is 1. The third kappa shape index (κ3) is 5.75. The van der Waals surface area contributed by atoms with Crippen LogP contribution in [-0.2, 0) is 35.4 Å². The van der Waals surface area contributed by atoms with Crippen LogP contribution in [0.5, 0.6) is 0 Å². The summed E-state index contributed by atoms with van der Waals surface area (Å²) < 4.78 is 30.7. The molecule has 1 unspecified atom stereocenters. The van der Waals surface area contributed by atoms with E-state index in [9.17, 15) is 18.0 Å². The normalized spacial score (nSPS) is 20.9. The summed E-state index contributed by atoms with van der Waals surface area (Å²) in [6.07, 6.45) is 5.58. The van der Waals surface area contributed by atoms with E-state index in [1.807, 2.05) is 24.0 Å². The molecular formula is C24H36N2O6S. The van der Waals surface area contributed by atoms with Crippen LogP contribution in [-0.4, -0.2) is 63.3 Å². The second-order valence-electron chi connectivity index (χ2n) is 9.03. The second-order valence-corrected chi connectivity index (χ2v) is 11.3. The number of nitrogens with zero attached hydrogens (tertiary/aromatic N) is 1. The summed E-state index contributed by atoms with van der Waals surface area (Å²) in [6.45, 7) is 4.09. The largest absolute Gasteiger partial charge is 0.381 e. The fourth-order valence-corrected chi connectivity index (χ4v) is 6.77. The number of hydrogen-bond acceptors (Lipinski definition) is 6. The SMILES string of the molecule is CCCC(=O)N1CCCC(CCc2ccc(S(=O)(=O)C3(C(=O)NOC)CCOCC3)cc2)C1. The molecule has 0 aliphatic carbocycles. The highest BCUT2D eigenvalue weighted by Gasteiger charge is 2.52. The second kappa shape index (κ2) is 11.4. The van der Waals surface area contributed by atoms with E-state index >= 15 is 0 Å². The molecule has 0 saturated carbocycles. The van der Waals surface area contributed by atoms with Crippen molar-refractivity contribution in [3.8, 4) is 0 Å². The molecule has 33 heavy (non-hydrogen) atoms. The zero-order valence-electron chi connectivity index (χ0n) is 19.7. The van der Waals surface area contributed by atoms with Gasteiger partial charge in [-0.15, -0.1) is 0 Å². The van der Waals surface area contributed by atoms with Gasteiger partial charge in [0.2, 0.25) is 5.91 Å². The smallest absolute Gasteiger partial charge is 0.265 e. The molecule has 1 atom stereocenters. The van der Waals surface area contributed by atoms with Gasteiger partial charge in [0.25, 0.3) is 5.91 Å². The molecule has 184 valence electrons. The minimum absolute atomic E-state index is 0.0845. The lowest BCUT2D eigenvalue weighted by Gasteiger charge is -2.34. The number of hydrogen-bond donors (Lipinski definition) is 1. The van der Waals surface area contributed by atoms with Gasteiger partial charge < -0.3 is 9.64 Å². The van der Waals surface area contributed by atoms with Gasteiger partial charge >= 0.3 is 0 Å². The highest BCUT2D eigenvalue weighted by atomic mass is 32.2. The first-order chi connectivity index (χ1) is 15.8. The number of aryl methyl sites for hydroxylation is 1. The number of carbonyl (C=O) groups is 2. The molecule has 2 amide bonds. The Balaban J connectivity index is 1.66. The number of piperidine rings is 1. The van der Waals surface area contributed by atoms with Crippen molar-refractivity contribution in [3.63, 3.8) is 0 Å². The molecular weight excluding hydrogens is 444 g/mol. The average molecular weight is 481 g/mol. The van der Waals surface area contributed by atoms with E-state index in [1.165, 1.54) is 7.11 Å². The average Bonchev–Trinajstić information content (AvgIpc) is 2.84. The third-order valence-corrected chi connectivity index (χ3v) is 9.35. The van der Waals surface area contributed by atoms with Crippen molar-refractivity contribution in [2.24, 2.45) is 5.92 Å². The minimum atomic E-state index is -3.94. The summed E-state index contributed by atoms with van der Waals surface area (Å²) in [7, 11) is -2.65. The first-order valence-corrected chi connectivity index (χ1v) is 13.3. The van der Waals surface area contributed by atoms with Gasteiger partial charge in [0.15, 0.2) is 14.6 Å². The van der Waals surface area contributed by atoms with Crippen LogP contribution in [0.25, 0.3) is 0 Å². The molecule has 1 aromatic rings. The van der Waals surface area contributed by atoms with E-state index < -0.39 is 20.5 Å². The van der Waals surface area contributed by atoms with Crippen molar-refractivity contribution in [1.82, 2.24) is 10.4 Å². The maximum Gasteiger partial charge on any atom is 0.265 e. The Morgan fingerprint density at radius 3 is 2.55 bits per heavy atom. The van der Waals surface area contributed by atoms with E-state index in [0.717, 1.165) is 50.8 Å². The lowest BCUT2D eigenvalue weighted by Crippen LogP contribution is -2.55. The predicted molar refractivity (Wildman–Crippen MR) is 124 cm³/mol. The number of ether oxygens (including phenoxy) is 1. The summed E-state index contributed by atoms with van der Waals surface area (Å²) in [6, 6.07) is 6.85. The Hall–Kier alpha value is -1.97.